The fraction of sp³-hybridized carbons (Fsp3) is 0.308. The third-order valence-corrected chi connectivity index (χ3v) is 6.16. The van der Waals surface area contributed by atoms with Gasteiger partial charge in [0.15, 0.2) is 0 Å². The number of anilines is 2. The maximum atomic E-state index is 11.5. The minimum atomic E-state index is -0.893. The summed E-state index contributed by atoms with van der Waals surface area (Å²) in [5.74, 6) is -0.893. The summed E-state index contributed by atoms with van der Waals surface area (Å²) >= 11 is 0. The van der Waals surface area contributed by atoms with Crippen molar-refractivity contribution in [1.29, 1.82) is 0 Å². The number of carboxylic acid groups (broad SMARTS) is 1. The van der Waals surface area contributed by atoms with Gasteiger partial charge in [-0.1, -0.05) is 23.8 Å². The van der Waals surface area contributed by atoms with Crippen LogP contribution in [-0.2, 0) is 12.8 Å². The lowest BCUT2D eigenvalue weighted by molar-refractivity contribution is 0.0695. The molecule has 0 unspecified atom stereocenters. The zero-order valence-electron chi connectivity index (χ0n) is 18.1. The van der Waals surface area contributed by atoms with E-state index in [0.29, 0.717) is 12.0 Å². The second-order valence-corrected chi connectivity index (χ2v) is 8.26. The number of pyridine rings is 1. The van der Waals surface area contributed by atoms with E-state index in [1.54, 1.807) is 12.3 Å². The molecule has 160 valence electrons. The number of fused-ring (bicyclic) bond motifs is 1. The summed E-state index contributed by atoms with van der Waals surface area (Å²) in [4.78, 5) is 17.9. The van der Waals surface area contributed by atoms with E-state index in [9.17, 15) is 9.90 Å². The van der Waals surface area contributed by atoms with Gasteiger partial charge in [-0.3, -0.25) is 4.98 Å². The normalized spacial score (nSPS) is 15.7. The van der Waals surface area contributed by atoms with Crippen molar-refractivity contribution in [2.45, 2.75) is 38.6 Å². The molecule has 0 saturated heterocycles. The maximum Gasteiger partial charge on any atom is 0.336 e. The van der Waals surface area contributed by atoms with E-state index >= 15 is 0 Å². The number of benzene rings is 2. The van der Waals surface area contributed by atoms with Crippen LogP contribution in [0.25, 0.3) is 0 Å². The molecule has 2 N–H and O–H groups in total. The lowest BCUT2D eigenvalue weighted by Crippen LogP contribution is -2.22. The van der Waals surface area contributed by atoms with Crippen LogP contribution < -0.4 is 10.2 Å². The van der Waals surface area contributed by atoms with Crippen molar-refractivity contribution in [2.24, 2.45) is 0 Å². The second-order valence-electron chi connectivity index (χ2n) is 8.26. The lowest BCUT2D eigenvalue weighted by Gasteiger charge is -2.24. The van der Waals surface area contributed by atoms with Crippen LogP contribution in [0.3, 0.4) is 0 Å². The molecule has 4 rings (SSSR count). The molecule has 0 fully saturated rings. The van der Waals surface area contributed by atoms with Gasteiger partial charge in [-0.05, 0) is 86.2 Å². The molecule has 0 amide bonds. The third kappa shape index (κ3) is 4.78. The SMILES string of the molecule is Cc1ccc(N(C)c2ccc3c(c2)CCCN[C@@H]3CCc2cnccc2C(=O)O)cc1. The van der Waals surface area contributed by atoms with Gasteiger partial charge < -0.3 is 15.3 Å². The number of carboxylic acids is 1. The fourth-order valence-corrected chi connectivity index (χ4v) is 4.33. The molecule has 0 bridgehead atoms. The molecule has 1 atom stereocenters. The van der Waals surface area contributed by atoms with Crippen LogP contribution in [0.5, 0.6) is 0 Å². The summed E-state index contributed by atoms with van der Waals surface area (Å²) in [5.41, 5.74) is 7.44. The van der Waals surface area contributed by atoms with Gasteiger partial charge in [-0.15, -0.1) is 0 Å². The first-order valence-corrected chi connectivity index (χ1v) is 10.9. The Labute approximate surface area is 183 Å². The molecular weight excluding hydrogens is 386 g/mol. The molecule has 3 aromatic rings. The monoisotopic (exact) mass is 415 g/mol. The van der Waals surface area contributed by atoms with Gasteiger partial charge in [0, 0.05) is 36.9 Å². The first-order valence-electron chi connectivity index (χ1n) is 10.9. The van der Waals surface area contributed by atoms with E-state index in [-0.39, 0.29) is 6.04 Å². The van der Waals surface area contributed by atoms with Crippen LogP contribution in [0.4, 0.5) is 11.4 Å². The molecule has 0 saturated carbocycles. The zero-order valence-corrected chi connectivity index (χ0v) is 18.1. The predicted molar refractivity (Wildman–Crippen MR) is 124 cm³/mol. The Balaban J connectivity index is 1.55. The molecule has 31 heavy (non-hydrogen) atoms. The summed E-state index contributed by atoms with van der Waals surface area (Å²) in [6.07, 6.45) is 6.87. The van der Waals surface area contributed by atoms with Crippen LogP contribution in [0.1, 0.15) is 51.5 Å². The molecule has 0 aliphatic carbocycles. The van der Waals surface area contributed by atoms with Crippen LogP contribution >= 0.6 is 0 Å². The number of nitrogens with zero attached hydrogens (tertiary/aromatic N) is 2. The summed E-state index contributed by atoms with van der Waals surface area (Å²) in [5, 5.41) is 13.1. The first kappa shape index (κ1) is 21.1. The highest BCUT2D eigenvalue weighted by Gasteiger charge is 2.20. The second kappa shape index (κ2) is 9.31. The highest BCUT2D eigenvalue weighted by molar-refractivity contribution is 5.89. The van der Waals surface area contributed by atoms with Crippen molar-refractivity contribution in [1.82, 2.24) is 10.3 Å². The van der Waals surface area contributed by atoms with E-state index in [1.165, 1.54) is 34.3 Å². The average Bonchev–Trinajstić information content (AvgIpc) is 2.99. The van der Waals surface area contributed by atoms with Crippen molar-refractivity contribution < 1.29 is 9.90 Å². The smallest absolute Gasteiger partial charge is 0.336 e. The van der Waals surface area contributed by atoms with Gasteiger partial charge in [0.05, 0.1) is 5.56 Å². The summed E-state index contributed by atoms with van der Waals surface area (Å²) in [6, 6.07) is 17.1. The Hall–Kier alpha value is -3.18. The van der Waals surface area contributed by atoms with Crippen molar-refractivity contribution in [3.8, 4) is 0 Å². The molecular formula is C26H29N3O2. The molecule has 2 aromatic carbocycles. The number of hydrogen-bond donors (Lipinski definition) is 2. The van der Waals surface area contributed by atoms with E-state index < -0.39 is 5.97 Å². The number of aryl methyl sites for hydroxylation is 3. The van der Waals surface area contributed by atoms with Gasteiger partial charge in [0.2, 0.25) is 0 Å². The van der Waals surface area contributed by atoms with Crippen LogP contribution in [0.2, 0.25) is 0 Å². The number of nitrogens with one attached hydrogen (secondary N) is 1. The molecule has 1 aromatic heterocycles. The van der Waals surface area contributed by atoms with Gasteiger partial charge >= 0.3 is 5.97 Å². The fourth-order valence-electron chi connectivity index (χ4n) is 4.33. The van der Waals surface area contributed by atoms with Crippen molar-refractivity contribution in [3.05, 3.63) is 88.7 Å². The van der Waals surface area contributed by atoms with Crippen LogP contribution in [0.15, 0.2) is 60.9 Å². The Bertz CT molecular complexity index is 1060. The lowest BCUT2D eigenvalue weighted by atomic mass is 9.93. The highest BCUT2D eigenvalue weighted by Crippen LogP contribution is 2.32. The summed E-state index contributed by atoms with van der Waals surface area (Å²) < 4.78 is 0. The molecule has 0 spiro atoms. The van der Waals surface area contributed by atoms with E-state index in [2.05, 4.69) is 71.6 Å². The summed E-state index contributed by atoms with van der Waals surface area (Å²) in [6.45, 7) is 3.06. The van der Waals surface area contributed by atoms with Gasteiger partial charge in [-0.2, -0.15) is 0 Å². The molecule has 5 nitrogen and oxygen atoms in total. The van der Waals surface area contributed by atoms with E-state index in [1.807, 2.05) is 0 Å². The van der Waals surface area contributed by atoms with Gasteiger partial charge in [-0.25, -0.2) is 4.79 Å². The molecule has 0 radical (unpaired) electrons. The average molecular weight is 416 g/mol. The van der Waals surface area contributed by atoms with Crippen LogP contribution in [0, 0.1) is 6.92 Å². The topological polar surface area (TPSA) is 65.5 Å². The molecule has 1 aliphatic rings. The Morgan fingerprint density at radius 3 is 2.71 bits per heavy atom. The zero-order chi connectivity index (χ0) is 21.8. The first-order chi connectivity index (χ1) is 15.0. The molecule has 2 heterocycles. The number of hydrogen-bond acceptors (Lipinski definition) is 4. The highest BCUT2D eigenvalue weighted by atomic mass is 16.4. The minimum Gasteiger partial charge on any atom is -0.478 e. The predicted octanol–water partition coefficient (Wildman–Crippen LogP) is 5.07. The Morgan fingerprint density at radius 2 is 1.94 bits per heavy atom. The maximum absolute atomic E-state index is 11.5. The summed E-state index contributed by atoms with van der Waals surface area (Å²) in [7, 11) is 2.11. The quantitative estimate of drug-likeness (QED) is 0.589. The number of rotatable bonds is 6. The van der Waals surface area contributed by atoms with Crippen molar-refractivity contribution >= 4 is 17.3 Å². The van der Waals surface area contributed by atoms with E-state index in [0.717, 1.165) is 31.4 Å². The Kier molecular flexibility index (Phi) is 6.33. The minimum absolute atomic E-state index is 0.207. The number of aromatic carboxylic acids is 1. The van der Waals surface area contributed by atoms with Crippen molar-refractivity contribution in [2.75, 3.05) is 18.5 Å². The number of aromatic nitrogens is 1. The van der Waals surface area contributed by atoms with Gasteiger partial charge in [0.1, 0.15) is 0 Å². The van der Waals surface area contributed by atoms with Gasteiger partial charge in [0.25, 0.3) is 0 Å². The van der Waals surface area contributed by atoms with E-state index in [4.69, 9.17) is 0 Å². The third-order valence-electron chi connectivity index (χ3n) is 6.16. The largest absolute Gasteiger partial charge is 0.478 e. The van der Waals surface area contributed by atoms with Crippen LogP contribution in [-0.4, -0.2) is 29.7 Å². The van der Waals surface area contributed by atoms with Crippen molar-refractivity contribution in [3.63, 3.8) is 0 Å². The standard InChI is InChI=1S/C26H29N3O2/c1-18-5-8-21(9-6-18)29(2)22-10-11-23-19(16-22)4-3-14-28-25(23)12-7-20-17-27-15-13-24(20)26(30)31/h5-6,8-11,13,15-17,25,28H,3-4,7,12,14H2,1-2H3,(H,30,31)/t25-/m1/s1. The molecule has 1 aliphatic heterocycles. The molecule has 5 heteroatoms. The Morgan fingerprint density at radius 1 is 1.16 bits per heavy atom. The number of carbonyl (C=O) groups is 1.